The highest BCUT2D eigenvalue weighted by atomic mass is 16.5. The van der Waals surface area contributed by atoms with E-state index in [1.165, 1.54) is 0 Å². The number of rotatable bonds is 11. The van der Waals surface area contributed by atoms with Crippen molar-refractivity contribution in [3.8, 4) is 28.7 Å². The third kappa shape index (κ3) is 7.16. The van der Waals surface area contributed by atoms with Crippen LogP contribution in [0.5, 0.6) is 28.7 Å². The smallest absolute Gasteiger partial charge is 0.203 e. The molecule has 0 aromatic heterocycles. The summed E-state index contributed by atoms with van der Waals surface area (Å²) in [5.41, 5.74) is 0.937. The van der Waals surface area contributed by atoms with E-state index in [9.17, 15) is 0 Å². The van der Waals surface area contributed by atoms with Gasteiger partial charge in [0.1, 0.15) is 17.6 Å². The van der Waals surface area contributed by atoms with Gasteiger partial charge in [0.25, 0.3) is 0 Å². The van der Waals surface area contributed by atoms with E-state index >= 15 is 0 Å². The molecule has 0 heterocycles. The molecule has 2 N–H and O–H groups in total. The van der Waals surface area contributed by atoms with Gasteiger partial charge in [-0.3, -0.25) is 0 Å². The fourth-order valence-electron chi connectivity index (χ4n) is 2.93. The minimum Gasteiger partial charge on any atom is -0.497 e. The van der Waals surface area contributed by atoms with Crippen LogP contribution in [0.4, 0.5) is 0 Å². The Morgan fingerprint density at radius 1 is 0.903 bits per heavy atom. The zero-order valence-corrected chi connectivity index (χ0v) is 19.2. The summed E-state index contributed by atoms with van der Waals surface area (Å²) < 4.78 is 27.4. The Balaban J connectivity index is 2.03. The molecule has 1 atom stereocenters. The molecular formula is C23H33N3O5. The van der Waals surface area contributed by atoms with Crippen molar-refractivity contribution in [2.75, 3.05) is 41.5 Å². The Hall–Kier alpha value is -3.29. The molecule has 31 heavy (non-hydrogen) atoms. The van der Waals surface area contributed by atoms with Crippen molar-refractivity contribution in [2.45, 2.75) is 26.5 Å². The minimum absolute atomic E-state index is 0.0721. The molecule has 1 unspecified atom stereocenters. The van der Waals surface area contributed by atoms with Crippen LogP contribution in [0.1, 0.15) is 19.4 Å². The second kappa shape index (κ2) is 12.4. The zero-order chi connectivity index (χ0) is 22.6. The maximum absolute atomic E-state index is 5.96. The number of aliphatic imine (C=N–C) groups is 1. The molecule has 0 saturated heterocycles. The molecule has 0 spiro atoms. The van der Waals surface area contributed by atoms with Crippen LogP contribution in [-0.4, -0.2) is 53.6 Å². The lowest BCUT2D eigenvalue weighted by molar-refractivity contribution is 0.223. The van der Waals surface area contributed by atoms with Gasteiger partial charge < -0.3 is 34.3 Å². The molecule has 0 fully saturated rings. The van der Waals surface area contributed by atoms with Crippen LogP contribution in [0.3, 0.4) is 0 Å². The number of hydrogen-bond acceptors (Lipinski definition) is 6. The second-order valence-electron chi connectivity index (χ2n) is 6.72. The zero-order valence-electron chi connectivity index (χ0n) is 19.2. The lowest BCUT2D eigenvalue weighted by Gasteiger charge is -2.18. The molecule has 0 bridgehead atoms. The van der Waals surface area contributed by atoms with Crippen LogP contribution < -0.4 is 34.3 Å². The number of hydrogen-bond donors (Lipinski definition) is 2. The van der Waals surface area contributed by atoms with Gasteiger partial charge in [-0.25, -0.2) is 4.99 Å². The molecule has 2 rings (SSSR count). The van der Waals surface area contributed by atoms with E-state index in [2.05, 4.69) is 15.6 Å². The summed E-state index contributed by atoms with van der Waals surface area (Å²) in [7, 11) is 6.41. The van der Waals surface area contributed by atoms with Gasteiger partial charge in [0.05, 0.1) is 41.5 Å². The molecular weight excluding hydrogens is 398 g/mol. The standard InChI is InChI=1S/C23H33N3O5/c1-7-24-23(25-14-16(2)31-19-10-8-9-18(13-19)27-3)26-15-17-11-20(28-4)22(30-6)21(12-17)29-5/h8-13,16H,7,14-15H2,1-6H3,(H2,24,25,26). The van der Waals surface area contributed by atoms with Crippen molar-refractivity contribution < 1.29 is 23.7 Å². The molecule has 0 aliphatic carbocycles. The van der Waals surface area contributed by atoms with Gasteiger partial charge in [-0.2, -0.15) is 0 Å². The van der Waals surface area contributed by atoms with Crippen LogP contribution in [0, 0.1) is 0 Å². The van der Waals surface area contributed by atoms with Gasteiger partial charge >= 0.3 is 0 Å². The van der Waals surface area contributed by atoms with Crippen molar-refractivity contribution in [3.63, 3.8) is 0 Å². The van der Waals surface area contributed by atoms with Crippen molar-refractivity contribution in [1.29, 1.82) is 0 Å². The number of guanidine groups is 1. The summed E-state index contributed by atoms with van der Waals surface area (Å²) in [5.74, 6) is 3.98. The summed E-state index contributed by atoms with van der Waals surface area (Å²) in [6.07, 6.45) is -0.0721. The van der Waals surface area contributed by atoms with E-state index in [1.54, 1.807) is 28.4 Å². The van der Waals surface area contributed by atoms with Crippen molar-refractivity contribution >= 4 is 5.96 Å². The van der Waals surface area contributed by atoms with E-state index in [1.807, 2.05) is 50.2 Å². The van der Waals surface area contributed by atoms with Crippen LogP contribution >= 0.6 is 0 Å². The SMILES string of the molecule is CCNC(=NCc1cc(OC)c(OC)c(OC)c1)NCC(C)Oc1cccc(OC)c1. The largest absolute Gasteiger partial charge is 0.497 e. The first-order valence-electron chi connectivity index (χ1n) is 10.2. The highest BCUT2D eigenvalue weighted by Crippen LogP contribution is 2.38. The topological polar surface area (TPSA) is 82.6 Å². The fourth-order valence-corrected chi connectivity index (χ4v) is 2.93. The van der Waals surface area contributed by atoms with Gasteiger partial charge in [-0.15, -0.1) is 0 Å². The van der Waals surface area contributed by atoms with Gasteiger partial charge in [0.15, 0.2) is 17.5 Å². The van der Waals surface area contributed by atoms with Gasteiger partial charge in [-0.05, 0) is 43.7 Å². The molecule has 2 aromatic rings. The fraction of sp³-hybridized carbons (Fsp3) is 0.435. The Morgan fingerprint density at radius 2 is 1.58 bits per heavy atom. The van der Waals surface area contributed by atoms with Crippen LogP contribution in [-0.2, 0) is 6.54 Å². The number of benzene rings is 2. The number of methoxy groups -OCH3 is 4. The third-order valence-corrected chi connectivity index (χ3v) is 4.42. The maximum atomic E-state index is 5.96. The van der Waals surface area contributed by atoms with E-state index in [-0.39, 0.29) is 6.10 Å². The molecule has 0 aliphatic heterocycles. The Kier molecular flexibility index (Phi) is 9.61. The monoisotopic (exact) mass is 431 g/mol. The van der Waals surface area contributed by atoms with Gasteiger partial charge in [0, 0.05) is 12.6 Å². The van der Waals surface area contributed by atoms with E-state index in [0.717, 1.165) is 23.6 Å². The lowest BCUT2D eigenvalue weighted by Crippen LogP contribution is -2.41. The molecule has 0 aliphatic rings. The van der Waals surface area contributed by atoms with Crippen LogP contribution in [0.2, 0.25) is 0 Å². The Labute approximate surface area is 184 Å². The summed E-state index contributed by atoms with van der Waals surface area (Å²) >= 11 is 0. The normalized spacial score (nSPS) is 12.0. The Bertz CT molecular complexity index is 832. The quantitative estimate of drug-likeness (QED) is 0.417. The van der Waals surface area contributed by atoms with Crippen molar-refractivity contribution in [2.24, 2.45) is 4.99 Å². The third-order valence-electron chi connectivity index (χ3n) is 4.42. The maximum Gasteiger partial charge on any atom is 0.203 e. The molecule has 170 valence electrons. The van der Waals surface area contributed by atoms with Gasteiger partial charge in [0.2, 0.25) is 5.75 Å². The average Bonchev–Trinajstić information content (AvgIpc) is 2.80. The summed E-state index contributed by atoms with van der Waals surface area (Å²) in [4.78, 5) is 4.66. The highest BCUT2D eigenvalue weighted by Gasteiger charge is 2.13. The minimum atomic E-state index is -0.0721. The van der Waals surface area contributed by atoms with E-state index in [4.69, 9.17) is 23.7 Å². The summed E-state index contributed by atoms with van der Waals surface area (Å²) in [6, 6.07) is 11.3. The second-order valence-corrected chi connectivity index (χ2v) is 6.72. The molecule has 0 radical (unpaired) electrons. The van der Waals surface area contributed by atoms with E-state index in [0.29, 0.717) is 36.3 Å². The average molecular weight is 432 g/mol. The molecule has 0 saturated carbocycles. The van der Waals surface area contributed by atoms with Crippen LogP contribution in [0.25, 0.3) is 0 Å². The molecule has 8 nitrogen and oxygen atoms in total. The Morgan fingerprint density at radius 3 is 2.16 bits per heavy atom. The lowest BCUT2D eigenvalue weighted by atomic mass is 10.2. The van der Waals surface area contributed by atoms with Gasteiger partial charge in [-0.1, -0.05) is 6.07 Å². The molecule has 2 aromatic carbocycles. The first-order chi connectivity index (χ1) is 15.0. The predicted octanol–water partition coefficient (Wildman–Crippen LogP) is 3.24. The molecule has 8 heteroatoms. The predicted molar refractivity (Wildman–Crippen MR) is 122 cm³/mol. The summed E-state index contributed by atoms with van der Waals surface area (Å²) in [5, 5.41) is 6.56. The highest BCUT2D eigenvalue weighted by molar-refractivity contribution is 5.79. The van der Waals surface area contributed by atoms with Crippen LogP contribution in [0.15, 0.2) is 41.4 Å². The van der Waals surface area contributed by atoms with Crippen molar-refractivity contribution in [3.05, 3.63) is 42.0 Å². The summed E-state index contributed by atoms with van der Waals surface area (Å²) in [6.45, 7) is 5.78. The number of ether oxygens (including phenoxy) is 5. The number of nitrogens with zero attached hydrogens (tertiary/aromatic N) is 1. The first kappa shape index (κ1) is 24.0. The van der Waals surface area contributed by atoms with E-state index < -0.39 is 0 Å². The van der Waals surface area contributed by atoms with Crippen molar-refractivity contribution in [1.82, 2.24) is 10.6 Å². The molecule has 0 amide bonds. The number of nitrogens with one attached hydrogen (secondary N) is 2. The first-order valence-corrected chi connectivity index (χ1v) is 10.2.